The molecule has 1 heterocycles. The number of aliphatic carboxylic acids is 1. The fourth-order valence-corrected chi connectivity index (χ4v) is 6.33. The lowest BCUT2D eigenvalue weighted by atomic mass is 9.58. The third-order valence-electron chi connectivity index (χ3n) is 6.58. The summed E-state index contributed by atoms with van der Waals surface area (Å²) in [4.78, 5) is 38.7. The van der Waals surface area contributed by atoms with Gasteiger partial charge in [-0.25, -0.2) is 4.79 Å². The molecular formula is C23H25NO5S. The van der Waals surface area contributed by atoms with E-state index in [-0.39, 0.29) is 17.7 Å². The number of carbonyl (C=O) groups is 3. The highest BCUT2D eigenvalue weighted by atomic mass is 32.1. The number of benzene rings is 1. The number of carboxylic acids is 1. The van der Waals surface area contributed by atoms with E-state index in [4.69, 9.17) is 4.74 Å². The van der Waals surface area contributed by atoms with E-state index in [1.165, 1.54) is 18.4 Å². The molecule has 3 fully saturated rings. The number of amides is 1. The molecule has 6 nitrogen and oxygen atoms in total. The molecule has 3 aliphatic rings. The van der Waals surface area contributed by atoms with Crippen LogP contribution in [0, 0.1) is 30.6 Å². The zero-order valence-electron chi connectivity index (χ0n) is 17.0. The summed E-state index contributed by atoms with van der Waals surface area (Å²) >= 11 is 1.32. The van der Waals surface area contributed by atoms with Crippen molar-refractivity contribution in [2.24, 2.45) is 23.7 Å². The Kier molecular flexibility index (Phi) is 5.64. The third kappa shape index (κ3) is 3.51. The minimum atomic E-state index is -0.898. The van der Waals surface area contributed by atoms with Crippen molar-refractivity contribution in [1.82, 2.24) is 0 Å². The maximum absolute atomic E-state index is 13.3. The molecule has 2 aromatic rings. The lowest BCUT2D eigenvalue weighted by Crippen LogP contribution is -2.49. The molecule has 158 valence electrons. The van der Waals surface area contributed by atoms with Crippen LogP contribution in [0.5, 0.6) is 0 Å². The first kappa shape index (κ1) is 20.6. The van der Waals surface area contributed by atoms with Gasteiger partial charge in [0.25, 0.3) is 0 Å². The Hall–Kier alpha value is -2.67. The molecular weight excluding hydrogens is 402 g/mol. The SMILES string of the molecule is COC(=O)c1c(NC(=O)[C@H]2C3CCC(CC3)[C@H]2C(=O)O)sc(C)c1-c1ccccc1. The second-order valence-electron chi connectivity index (χ2n) is 8.15. The van der Waals surface area contributed by atoms with E-state index >= 15 is 0 Å². The van der Waals surface area contributed by atoms with Crippen molar-refractivity contribution in [1.29, 1.82) is 0 Å². The summed E-state index contributed by atoms with van der Waals surface area (Å²) in [7, 11) is 1.32. The average Bonchev–Trinajstić information content (AvgIpc) is 3.09. The number of hydrogen-bond acceptors (Lipinski definition) is 5. The summed E-state index contributed by atoms with van der Waals surface area (Å²) in [5, 5.41) is 13.1. The number of anilines is 1. The van der Waals surface area contributed by atoms with Crippen molar-refractivity contribution in [3.05, 3.63) is 40.8 Å². The Morgan fingerprint density at radius 1 is 1.03 bits per heavy atom. The standard InChI is InChI=1S/C23H25NO5S/c1-12-16(13-6-4-3-5-7-13)19(23(28)29-2)21(30-12)24-20(25)17-14-8-10-15(11-9-14)18(17)22(26)27/h3-7,14-15,17-18H,8-11H2,1-2H3,(H,24,25)(H,26,27)/t14?,15?,17-,18+/m0/s1. The predicted octanol–water partition coefficient (Wildman–Crippen LogP) is 4.59. The van der Waals surface area contributed by atoms with Crippen LogP contribution in [0.15, 0.2) is 30.3 Å². The summed E-state index contributed by atoms with van der Waals surface area (Å²) in [5.74, 6) is -2.82. The number of methoxy groups -OCH3 is 1. The van der Waals surface area contributed by atoms with E-state index in [9.17, 15) is 19.5 Å². The van der Waals surface area contributed by atoms with Crippen LogP contribution >= 0.6 is 11.3 Å². The van der Waals surface area contributed by atoms with E-state index in [0.717, 1.165) is 41.7 Å². The minimum Gasteiger partial charge on any atom is -0.481 e. The molecule has 0 unspecified atom stereocenters. The second kappa shape index (κ2) is 8.22. The lowest BCUT2D eigenvalue weighted by Gasteiger charge is -2.45. The van der Waals surface area contributed by atoms with Gasteiger partial charge in [-0.2, -0.15) is 0 Å². The van der Waals surface area contributed by atoms with E-state index in [1.54, 1.807) is 0 Å². The molecule has 0 radical (unpaired) electrons. The fraction of sp³-hybridized carbons (Fsp3) is 0.435. The highest BCUT2D eigenvalue weighted by molar-refractivity contribution is 7.17. The van der Waals surface area contributed by atoms with Gasteiger partial charge in [-0.15, -0.1) is 11.3 Å². The van der Waals surface area contributed by atoms with E-state index in [2.05, 4.69) is 5.32 Å². The number of rotatable bonds is 5. The molecule has 1 aromatic heterocycles. The monoisotopic (exact) mass is 427 g/mol. The van der Waals surface area contributed by atoms with Gasteiger partial charge in [-0.1, -0.05) is 30.3 Å². The number of nitrogens with one attached hydrogen (secondary N) is 1. The van der Waals surface area contributed by atoms with Crippen LogP contribution < -0.4 is 5.32 Å². The molecule has 2 bridgehead atoms. The zero-order chi connectivity index (χ0) is 21.4. The Morgan fingerprint density at radius 2 is 1.63 bits per heavy atom. The summed E-state index contributed by atoms with van der Waals surface area (Å²) in [6.07, 6.45) is 3.51. The van der Waals surface area contributed by atoms with Crippen molar-refractivity contribution in [2.45, 2.75) is 32.6 Å². The van der Waals surface area contributed by atoms with Crippen molar-refractivity contribution in [3.63, 3.8) is 0 Å². The highest BCUT2D eigenvalue weighted by Gasteiger charge is 2.50. The van der Waals surface area contributed by atoms with E-state index < -0.39 is 23.8 Å². The van der Waals surface area contributed by atoms with Crippen LogP contribution in [0.1, 0.15) is 40.9 Å². The molecule has 2 N–H and O–H groups in total. The van der Waals surface area contributed by atoms with Crippen LogP contribution in [0.25, 0.3) is 11.1 Å². The molecule has 30 heavy (non-hydrogen) atoms. The van der Waals surface area contributed by atoms with E-state index in [0.29, 0.717) is 10.6 Å². The Labute approximate surface area is 179 Å². The molecule has 1 aromatic carbocycles. The van der Waals surface area contributed by atoms with Gasteiger partial charge in [0.05, 0.1) is 18.9 Å². The second-order valence-corrected chi connectivity index (χ2v) is 9.37. The lowest BCUT2D eigenvalue weighted by molar-refractivity contribution is -0.156. The van der Waals surface area contributed by atoms with Gasteiger partial charge in [-0.3, -0.25) is 9.59 Å². The zero-order valence-corrected chi connectivity index (χ0v) is 17.8. The van der Waals surface area contributed by atoms with Crippen molar-refractivity contribution < 1.29 is 24.2 Å². The van der Waals surface area contributed by atoms with Gasteiger partial charge < -0.3 is 15.2 Å². The summed E-state index contributed by atoms with van der Waals surface area (Å²) in [6, 6.07) is 9.50. The highest BCUT2D eigenvalue weighted by Crippen LogP contribution is 2.50. The summed E-state index contributed by atoms with van der Waals surface area (Å²) < 4.78 is 5.01. The molecule has 3 saturated carbocycles. The Balaban J connectivity index is 1.70. The van der Waals surface area contributed by atoms with Crippen molar-refractivity contribution in [3.8, 4) is 11.1 Å². The molecule has 3 aliphatic carbocycles. The molecule has 0 spiro atoms. The average molecular weight is 428 g/mol. The normalized spacial score (nSPS) is 25.0. The predicted molar refractivity (Wildman–Crippen MR) is 115 cm³/mol. The number of hydrogen-bond donors (Lipinski definition) is 2. The minimum absolute atomic E-state index is 0.0493. The first-order valence-electron chi connectivity index (χ1n) is 10.2. The third-order valence-corrected chi connectivity index (χ3v) is 7.60. The number of ether oxygens (including phenoxy) is 1. The quantitative estimate of drug-likeness (QED) is 0.681. The molecule has 0 aliphatic heterocycles. The molecule has 2 atom stereocenters. The topological polar surface area (TPSA) is 92.7 Å². The van der Waals surface area contributed by atoms with Gasteiger partial charge in [0.15, 0.2) is 0 Å². The van der Waals surface area contributed by atoms with Gasteiger partial charge in [0.1, 0.15) is 10.6 Å². The number of thiophene rings is 1. The van der Waals surface area contributed by atoms with Crippen molar-refractivity contribution in [2.75, 3.05) is 12.4 Å². The van der Waals surface area contributed by atoms with Crippen LogP contribution in [0.4, 0.5) is 5.00 Å². The Morgan fingerprint density at radius 3 is 2.20 bits per heavy atom. The van der Waals surface area contributed by atoms with Crippen LogP contribution in [0.3, 0.4) is 0 Å². The largest absolute Gasteiger partial charge is 0.481 e. The van der Waals surface area contributed by atoms with Gasteiger partial charge >= 0.3 is 11.9 Å². The first-order chi connectivity index (χ1) is 14.4. The fourth-order valence-electron chi connectivity index (χ4n) is 5.26. The molecule has 7 heteroatoms. The van der Waals surface area contributed by atoms with E-state index in [1.807, 2.05) is 37.3 Å². The summed E-state index contributed by atoms with van der Waals surface area (Å²) in [6.45, 7) is 1.90. The number of fused-ring (bicyclic) bond motifs is 3. The number of aryl methyl sites for hydroxylation is 1. The maximum Gasteiger partial charge on any atom is 0.341 e. The van der Waals surface area contributed by atoms with Crippen LogP contribution in [-0.2, 0) is 14.3 Å². The molecule has 0 saturated heterocycles. The first-order valence-corrected chi connectivity index (χ1v) is 11.0. The smallest absolute Gasteiger partial charge is 0.341 e. The van der Waals surface area contributed by atoms with Gasteiger partial charge in [-0.05, 0) is 50.0 Å². The number of esters is 1. The Bertz CT molecular complexity index is 975. The summed E-state index contributed by atoms with van der Waals surface area (Å²) in [5.41, 5.74) is 1.93. The van der Waals surface area contributed by atoms with Gasteiger partial charge in [0, 0.05) is 10.4 Å². The molecule has 1 amide bonds. The van der Waals surface area contributed by atoms with Crippen LogP contribution in [-0.4, -0.2) is 30.1 Å². The van der Waals surface area contributed by atoms with Crippen molar-refractivity contribution >= 4 is 34.2 Å². The maximum atomic E-state index is 13.3. The number of carbonyl (C=O) groups excluding carboxylic acids is 2. The molecule has 5 rings (SSSR count). The van der Waals surface area contributed by atoms with Crippen LogP contribution in [0.2, 0.25) is 0 Å². The van der Waals surface area contributed by atoms with Gasteiger partial charge in [0.2, 0.25) is 5.91 Å². The number of carboxylic acid groups (broad SMARTS) is 1.